The molecule has 5 heteroatoms. The Morgan fingerprint density at radius 2 is 1.88 bits per heavy atom. The maximum Gasteiger partial charge on any atom is 0.226 e. The first-order valence-electron chi connectivity index (χ1n) is 13.2. The van der Waals surface area contributed by atoms with Crippen LogP contribution >= 0.6 is 0 Å². The molecule has 3 fully saturated rings. The van der Waals surface area contributed by atoms with Crippen LogP contribution in [-0.2, 0) is 4.79 Å². The lowest BCUT2D eigenvalue weighted by atomic mass is 9.85. The number of benzene rings is 1. The molecule has 5 rings (SSSR count). The van der Waals surface area contributed by atoms with Gasteiger partial charge in [0, 0.05) is 44.8 Å². The van der Waals surface area contributed by atoms with Gasteiger partial charge in [-0.15, -0.1) is 0 Å². The molecule has 1 N–H and O–H groups in total. The van der Waals surface area contributed by atoms with E-state index < -0.39 is 6.23 Å². The zero-order valence-electron chi connectivity index (χ0n) is 20.5. The third-order valence-corrected chi connectivity index (χ3v) is 8.84. The highest BCUT2D eigenvalue weighted by Gasteiger charge is 2.44. The van der Waals surface area contributed by atoms with Gasteiger partial charge in [-0.25, -0.2) is 0 Å². The molecule has 0 spiro atoms. The Morgan fingerprint density at radius 3 is 2.61 bits per heavy atom. The Kier molecular flexibility index (Phi) is 6.54. The normalized spacial score (nSPS) is 28.9. The minimum Gasteiger partial charge on any atom is -0.370 e. The standard InChI is InChI=1S/C28H41N3O2/c1-28(15-16-30(20-28)18-21-9-8-10-21)31(27(33)22-11-4-3-5-12-22)19-24-17-23-13-6-7-14-25(23)29(2)26(24)32/h6-7,13-14,17,21-22,26,32H,3-5,8-12,15-16,18-20H2,1-2H3. The lowest BCUT2D eigenvalue weighted by molar-refractivity contribution is -0.141. The quantitative estimate of drug-likeness (QED) is 0.691. The van der Waals surface area contributed by atoms with Crippen molar-refractivity contribution in [1.29, 1.82) is 0 Å². The second kappa shape index (κ2) is 9.42. The van der Waals surface area contributed by atoms with Crippen molar-refractivity contribution in [3.8, 4) is 0 Å². The molecule has 2 heterocycles. The van der Waals surface area contributed by atoms with E-state index in [0.29, 0.717) is 12.5 Å². The number of aliphatic hydroxyl groups is 1. The molecule has 0 bridgehead atoms. The fourth-order valence-corrected chi connectivity index (χ4v) is 6.46. The number of rotatable bonds is 6. The number of likely N-dealkylation sites (tertiary alicyclic amines) is 1. The van der Waals surface area contributed by atoms with Gasteiger partial charge in [0.1, 0.15) is 0 Å². The molecule has 5 nitrogen and oxygen atoms in total. The summed E-state index contributed by atoms with van der Waals surface area (Å²) in [7, 11) is 1.95. The van der Waals surface area contributed by atoms with Gasteiger partial charge in [0.25, 0.3) is 0 Å². The second-order valence-corrected chi connectivity index (χ2v) is 11.3. The molecule has 33 heavy (non-hydrogen) atoms. The van der Waals surface area contributed by atoms with Crippen LogP contribution in [0.2, 0.25) is 0 Å². The van der Waals surface area contributed by atoms with E-state index in [4.69, 9.17) is 0 Å². The summed E-state index contributed by atoms with van der Waals surface area (Å²) in [4.78, 5) is 20.7. The van der Waals surface area contributed by atoms with Crippen LogP contribution in [-0.4, -0.2) is 65.8 Å². The van der Waals surface area contributed by atoms with E-state index in [9.17, 15) is 9.90 Å². The Hall–Kier alpha value is -1.85. The van der Waals surface area contributed by atoms with Gasteiger partial charge in [-0.2, -0.15) is 0 Å². The van der Waals surface area contributed by atoms with Crippen molar-refractivity contribution < 1.29 is 9.90 Å². The lowest BCUT2D eigenvalue weighted by Gasteiger charge is -2.44. The van der Waals surface area contributed by atoms with E-state index in [-0.39, 0.29) is 11.5 Å². The van der Waals surface area contributed by atoms with Gasteiger partial charge < -0.3 is 19.8 Å². The van der Waals surface area contributed by atoms with Crippen molar-refractivity contribution >= 4 is 17.7 Å². The molecule has 2 atom stereocenters. The van der Waals surface area contributed by atoms with Gasteiger partial charge >= 0.3 is 0 Å². The van der Waals surface area contributed by atoms with Crippen LogP contribution in [0.25, 0.3) is 6.08 Å². The molecular formula is C28H41N3O2. The minimum atomic E-state index is -0.697. The van der Waals surface area contributed by atoms with Crippen LogP contribution in [0.1, 0.15) is 70.3 Å². The topological polar surface area (TPSA) is 47.0 Å². The summed E-state index contributed by atoms with van der Waals surface area (Å²) >= 11 is 0. The summed E-state index contributed by atoms with van der Waals surface area (Å²) in [6.45, 7) is 6.02. The highest BCUT2D eigenvalue weighted by Crippen LogP contribution is 2.37. The third-order valence-electron chi connectivity index (χ3n) is 8.84. The average Bonchev–Trinajstić information content (AvgIpc) is 3.19. The number of likely N-dealkylation sites (N-methyl/N-ethyl adjacent to an activating group) is 1. The zero-order valence-corrected chi connectivity index (χ0v) is 20.5. The van der Waals surface area contributed by atoms with E-state index in [2.05, 4.69) is 28.9 Å². The van der Waals surface area contributed by atoms with Gasteiger partial charge in [0.05, 0.1) is 5.54 Å². The maximum absolute atomic E-state index is 14.0. The summed E-state index contributed by atoms with van der Waals surface area (Å²) in [5, 5.41) is 11.2. The zero-order chi connectivity index (χ0) is 23.0. The van der Waals surface area contributed by atoms with E-state index >= 15 is 0 Å². The first-order chi connectivity index (χ1) is 15.9. The van der Waals surface area contributed by atoms with Gasteiger partial charge in [-0.3, -0.25) is 4.79 Å². The molecule has 2 aliphatic carbocycles. The highest BCUT2D eigenvalue weighted by atomic mass is 16.3. The number of fused-ring (bicyclic) bond motifs is 1. The summed E-state index contributed by atoms with van der Waals surface area (Å²) in [5.74, 6) is 1.31. The van der Waals surface area contributed by atoms with Crippen LogP contribution in [0.15, 0.2) is 29.8 Å². The van der Waals surface area contributed by atoms with E-state index in [1.165, 1.54) is 32.2 Å². The van der Waals surface area contributed by atoms with Crippen molar-refractivity contribution in [1.82, 2.24) is 9.80 Å². The Morgan fingerprint density at radius 1 is 1.12 bits per heavy atom. The first kappa shape index (κ1) is 22.9. The molecule has 1 amide bonds. The fraction of sp³-hybridized carbons (Fsp3) is 0.679. The van der Waals surface area contributed by atoms with Gasteiger partial charge in [0.2, 0.25) is 5.91 Å². The van der Waals surface area contributed by atoms with Crippen molar-refractivity contribution in [2.75, 3.05) is 38.1 Å². The monoisotopic (exact) mass is 451 g/mol. The number of hydrogen-bond donors (Lipinski definition) is 1. The number of aliphatic hydroxyl groups excluding tert-OH is 1. The van der Waals surface area contributed by atoms with Crippen LogP contribution in [0, 0.1) is 11.8 Å². The van der Waals surface area contributed by atoms with Crippen molar-refractivity contribution in [2.45, 2.75) is 76.5 Å². The number of anilines is 1. The predicted molar refractivity (Wildman–Crippen MR) is 134 cm³/mol. The number of para-hydroxylation sites is 1. The summed E-state index contributed by atoms with van der Waals surface area (Å²) in [5.41, 5.74) is 2.92. The molecular weight excluding hydrogens is 410 g/mol. The van der Waals surface area contributed by atoms with Gasteiger partial charge in [0.15, 0.2) is 6.23 Å². The molecule has 1 saturated heterocycles. The Bertz CT molecular complexity index is 889. The maximum atomic E-state index is 14.0. The van der Waals surface area contributed by atoms with Crippen molar-refractivity contribution in [2.24, 2.45) is 11.8 Å². The molecule has 0 aromatic heterocycles. The average molecular weight is 452 g/mol. The molecule has 0 radical (unpaired) electrons. The largest absolute Gasteiger partial charge is 0.370 e. The molecule has 1 aromatic rings. The number of carbonyl (C=O) groups is 1. The van der Waals surface area contributed by atoms with E-state index in [1.54, 1.807) is 0 Å². The molecule has 180 valence electrons. The van der Waals surface area contributed by atoms with Gasteiger partial charge in [-0.05, 0) is 68.2 Å². The fourth-order valence-electron chi connectivity index (χ4n) is 6.46. The van der Waals surface area contributed by atoms with E-state index in [1.807, 2.05) is 30.1 Å². The Labute approximate surface area is 199 Å². The minimum absolute atomic E-state index is 0.141. The lowest BCUT2D eigenvalue weighted by Crippen LogP contribution is -2.55. The van der Waals surface area contributed by atoms with Crippen LogP contribution in [0.3, 0.4) is 0 Å². The number of hydrogen-bond acceptors (Lipinski definition) is 4. The molecule has 2 aliphatic heterocycles. The van der Waals surface area contributed by atoms with Crippen molar-refractivity contribution in [3.63, 3.8) is 0 Å². The Balaban J connectivity index is 1.40. The number of carbonyl (C=O) groups excluding carboxylic acids is 1. The SMILES string of the molecule is CN1c2ccccc2C=C(CN(C(=O)C2CCCCC2)C2(C)CCN(CC3CCC3)C2)C1O. The third kappa shape index (κ3) is 4.59. The molecule has 4 aliphatic rings. The molecule has 2 unspecified atom stereocenters. The molecule has 2 saturated carbocycles. The molecule has 1 aromatic carbocycles. The summed E-state index contributed by atoms with van der Waals surface area (Å²) in [6.07, 6.45) is 12.2. The van der Waals surface area contributed by atoms with Crippen LogP contribution in [0.5, 0.6) is 0 Å². The van der Waals surface area contributed by atoms with Crippen LogP contribution in [0.4, 0.5) is 5.69 Å². The second-order valence-electron chi connectivity index (χ2n) is 11.3. The number of nitrogens with zero attached hydrogens (tertiary/aromatic N) is 3. The first-order valence-corrected chi connectivity index (χ1v) is 13.2. The summed E-state index contributed by atoms with van der Waals surface area (Å²) in [6, 6.07) is 8.20. The number of amides is 1. The van der Waals surface area contributed by atoms with Crippen LogP contribution < -0.4 is 4.90 Å². The smallest absolute Gasteiger partial charge is 0.226 e. The predicted octanol–water partition coefficient (Wildman–Crippen LogP) is 4.51. The highest BCUT2D eigenvalue weighted by molar-refractivity contribution is 5.81. The summed E-state index contributed by atoms with van der Waals surface area (Å²) < 4.78 is 0. The van der Waals surface area contributed by atoms with Gasteiger partial charge in [-0.1, -0.05) is 43.9 Å². The van der Waals surface area contributed by atoms with E-state index in [0.717, 1.165) is 67.9 Å². The van der Waals surface area contributed by atoms with Crippen molar-refractivity contribution in [3.05, 3.63) is 35.4 Å².